The normalized spacial score (nSPS) is 11.1. The van der Waals surface area contributed by atoms with E-state index in [1.807, 2.05) is 0 Å². The van der Waals surface area contributed by atoms with E-state index >= 15 is 0 Å². The molecular formula is C10H23NO2. The zero-order valence-corrected chi connectivity index (χ0v) is 8.92. The molecule has 0 aliphatic rings. The first kappa shape index (κ1) is 12.9. The van der Waals surface area contributed by atoms with Gasteiger partial charge in [0.15, 0.2) is 6.29 Å². The van der Waals surface area contributed by atoms with E-state index in [2.05, 4.69) is 0 Å². The molecule has 0 amide bonds. The highest BCUT2D eigenvalue weighted by molar-refractivity contribution is 4.48. The molecule has 0 aromatic rings. The molecule has 0 fully saturated rings. The van der Waals surface area contributed by atoms with Crippen LogP contribution in [0, 0.1) is 0 Å². The summed E-state index contributed by atoms with van der Waals surface area (Å²) in [5, 5.41) is 0. The van der Waals surface area contributed by atoms with E-state index in [4.69, 9.17) is 15.2 Å². The van der Waals surface area contributed by atoms with Crippen molar-refractivity contribution in [1.82, 2.24) is 0 Å². The molecule has 0 aromatic heterocycles. The van der Waals surface area contributed by atoms with Crippen molar-refractivity contribution in [3.05, 3.63) is 0 Å². The summed E-state index contributed by atoms with van der Waals surface area (Å²) in [5.41, 5.74) is 5.39. The van der Waals surface area contributed by atoms with Gasteiger partial charge in [0.25, 0.3) is 0 Å². The van der Waals surface area contributed by atoms with Gasteiger partial charge in [-0.3, -0.25) is 0 Å². The lowest BCUT2D eigenvalue weighted by atomic mass is 10.1. The molecule has 0 rings (SSSR count). The minimum absolute atomic E-state index is 0.0190. The smallest absolute Gasteiger partial charge is 0.156 e. The van der Waals surface area contributed by atoms with Crippen molar-refractivity contribution >= 4 is 0 Å². The van der Waals surface area contributed by atoms with Gasteiger partial charge >= 0.3 is 0 Å². The number of hydrogen-bond donors (Lipinski definition) is 1. The van der Waals surface area contributed by atoms with Crippen LogP contribution in [0.1, 0.15) is 38.5 Å². The van der Waals surface area contributed by atoms with Crippen molar-refractivity contribution in [2.24, 2.45) is 5.73 Å². The molecule has 0 aromatic carbocycles. The van der Waals surface area contributed by atoms with Crippen molar-refractivity contribution in [1.29, 1.82) is 0 Å². The van der Waals surface area contributed by atoms with Gasteiger partial charge in [0, 0.05) is 14.2 Å². The Morgan fingerprint density at radius 1 is 0.923 bits per heavy atom. The van der Waals surface area contributed by atoms with Crippen molar-refractivity contribution in [2.45, 2.75) is 44.8 Å². The number of rotatable bonds is 9. The van der Waals surface area contributed by atoms with Gasteiger partial charge in [-0.2, -0.15) is 0 Å². The van der Waals surface area contributed by atoms with Crippen LogP contribution >= 0.6 is 0 Å². The van der Waals surface area contributed by atoms with Crippen LogP contribution in [0.5, 0.6) is 0 Å². The zero-order chi connectivity index (χ0) is 9.94. The van der Waals surface area contributed by atoms with Crippen molar-refractivity contribution in [3.63, 3.8) is 0 Å². The molecule has 0 saturated heterocycles. The van der Waals surface area contributed by atoms with Crippen LogP contribution < -0.4 is 5.73 Å². The third kappa shape index (κ3) is 8.22. The third-order valence-electron chi connectivity index (χ3n) is 2.17. The first-order valence-corrected chi connectivity index (χ1v) is 5.10. The number of unbranched alkanes of at least 4 members (excludes halogenated alkanes) is 4. The minimum Gasteiger partial charge on any atom is -0.356 e. The van der Waals surface area contributed by atoms with Gasteiger partial charge in [0.05, 0.1) is 0 Å². The molecule has 0 aliphatic carbocycles. The predicted molar refractivity (Wildman–Crippen MR) is 54.6 cm³/mol. The fourth-order valence-electron chi connectivity index (χ4n) is 1.32. The fourth-order valence-corrected chi connectivity index (χ4v) is 1.32. The lowest BCUT2D eigenvalue weighted by Gasteiger charge is -2.12. The number of ether oxygens (including phenoxy) is 2. The van der Waals surface area contributed by atoms with Crippen LogP contribution in [0.2, 0.25) is 0 Å². The van der Waals surface area contributed by atoms with E-state index in [9.17, 15) is 0 Å². The quantitative estimate of drug-likeness (QED) is 0.445. The average molecular weight is 189 g/mol. The second-order valence-electron chi connectivity index (χ2n) is 3.25. The molecule has 0 radical (unpaired) electrons. The Labute approximate surface area is 81.6 Å². The molecular weight excluding hydrogens is 166 g/mol. The Kier molecular flexibility index (Phi) is 9.87. The molecule has 2 N–H and O–H groups in total. The maximum Gasteiger partial charge on any atom is 0.156 e. The van der Waals surface area contributed by atoms with Gasteiger partial charge in [-0.15, -0.1) is 0 Å². The third-order valence-corrected chi connectivity index (χ3v) is 2.17. The van der Waals surface area contributed by atoms with Crippen LogP contribution in [0.3, 0.4) is 0 Å². The molecule has 0 saturated carbocycles. The maximum absolute atomic E-state index is 5.39. The minimum atomic E-state index is -0.0190. The van der Waals surface area contributed by atoms with Crippen molar-refractivity contribution in [3.8, 4) is 0 Å². The van der Waals surface area contributed by atoms with E-state index < -0.39 is 0 Å². The summed E-state index contributed by atoms with van der Waals surface area (Å²) in [6, 6.07) is 0. The lowest BCUT2D eigenvalue weighted by molar-refractivity contribution is -0.107. The molecule has 3 heteroatoms. The highest BCUT2D eigenvalue weighted by Crippen LogP contribution is 2.08. The van der Waals surface area contributed by atoms with E-state index in [1.165, 1.54) is 25.7 Å². The first-order valence-electron chi connectivity index (χ1n) is 5.10. The van der Waals surface area contributed by atoms with Gasteiger partial charge in [-0.05, 0) is 25.8 Å². The maximum atomic E-state index is 5.39. The number of nitrogens with two attached hydrogens (primary N) is 1. The molecule has 80 valence electrons. The summed E-state index contributed by atoms with van der Waals surface area (Å²) in [4.78, 5) is 0. The second-order valence-corrected chi connectivity index (χ2v) is 3.25. The summed E-state index contributed by atoms with van der Waals surface area (Å²) in [6.45, 7) is 0.818. The van der Waals surface area contributed by atoms with E-state index in [1.54, 1.807) is 14.2 Å². The Morgan fingerprint density at radius 3 is 2.00 bits per heavy atom. The van der Waals surface area contributed by atoms with E-state index in [0.29, 0.717) is 0 Å². The first-order chi connectivity index (χ1) is 6.35. The summed E-state index contributed by atoms with van der Waals surface area (Å²) in [7, 11) is 3.37. The van der Waals surface area contributed by atoms with Gasteiger partial charge in [0.1, 0.15) is 0 Å². The van der Waals surface area contributed by atoms with Crippen LogP contribution in [0.4, 0.5) is 0 Å². The number of hydrogen-bond acceptors (Lipinski definition) is 3. The molecule has 0 atom stereocenters. The highest BCUT2D eigenvalue weighted by Gasteiger charge is 2.03. The molecule has 0 spiro atoms. The Hall–Kier alpha value is -0.120. The summed E-state index contributed by atoms with van der Waals surface area (Å²) in [6.07, 6.45) is 7.08. The van der Waals surface area contributed by atoms with Crippen molar-refractivity contribution < 1.29 is 9.47 Å². The summed E-state index contributed by atoms with van der Waals surface area (Å²) in [5.74, 6) is 0. The Balaban J connectivity index is 3.05. The highest BCUT2D eigenvalue weighted by atomic mass is 16.7. The number of methoxy groups -OCH3 is 2. The molecule has 0 bridgehead atoms. The predicted octanol–water partition coefficient (Wildman–Crippen LogP) is 1.90. The van der Waals surface area contributed by atoms with Gasteiger partial charge in [-0.25, -0.2) is 0 Å². The zero-order valence-electron chi connectivity index (χ0n) is 8.92. The second kappa shape index (κ2) is 9.96. The standard InChI is InChI=1S/C10H23NO2/c1-12-10(13-2)8-6-4-3-5-7-9-11/h10H,3-9,11H2,1-2H3. The molecule has 13 heavy (non-hydrogen) atoms. The average Bonchev–Trinajstić information content (AvgIpc) is 2.17. The van der Waals surface area contributed by atoms with Crippen LogP contribution in [-0.2, 0) is 9.47 Å². The fraction of sp³-hybridized carbons (Fsp3) is 1.00. The monoisotopic (exact) mass is 189 g/mol. The topological polar surface area (TPSA) is 44.5 Å². The van der Waals surface area contributed by atoms with Crippen LogP contribution in [0.25, 0.3) is 0 Å². The molecule has 0 unspecified atom stereocenters. The lowest BCUT2D eigenvalue weighted by Crippen LogP contribution is -2.12. The van der Waals surface area contributed by atoms with Crippen LogP contribution in [0.15, 0.2) is 0 Å². The molecule has 0 aliphatic heterocycles. The molecule has 0 heterocycles. The van der Waals surface area contributed by atoms with Gasteiger partial charge in [0.2, 0.25) is 0 Å². The van der Waals surface area contributed by atoms with Crippen LogP contribution in [-0.4, -0.2) is 27.1 Å². The summed E-state index contributed by atoms with van der Waals surface area (Å²) < 4.78 is 10.2. The van der Waals surface area contributed by atoms with E-state index in [0.717, 1.165) is 19.4 Å². The Morgan fingerprint density at radius 2 is 1.46 bits per heavy atom. The largest absolute Gasteiger partial charge is 0.356 e. The summed E-state index contributed by atoms with van der Waals surface area (Å²) >= 11 is 0. The Bertz CT molecular complexity index is 94.9. The van der Waals surface area contributed by atoms with E-state index in [-0.39, 0.29) is 6.29 Å². The van der Waals surface area contributed by atoms with Crippen molar-refractivity contribution in [2.75, 3.05) is 20.8 Å². The SMILES string of the molecule is COC(CCCCCCCN)OC. The van der Waals surface area contributed by atoms with Gasteiger partial charge in [-0.1, -0.05) is 19.3 Å². The van der Waals surface area contributed by atoms with Gasteiger partial charge < -0.3 is 15.2 Å². The molecule has 3 nitrogen and oxygen atoms in total.